The monoisotopic (exact) mass is 302 g/mol. The summed E-state index contributed by atoms with van der Waals surface area (Å²) in [5, 5.41) is 9.40. The van der Waals surface area contributed by atoms with E-state index in [9.17, 15) is 4.79 Å². The van der Waals surface area contributed by atoms with Gasteiger partial charge in [0.2, 0.25) is 5.89 Å². The fraction of sp³-hybridized carbons (Fsp3) is 0.438. The van der Waals surface area contributed by atoms with E-state index in [2.05, 4.69) is 39.8 Å². The molecule has 0 aliphatic rings. The number of hydrogen-bond acceptors (Lipinski definition) is 4. The molecule has 0 radical (unpaired) electrons. The van der Waals surface area contributed by atoms with Gasteiger partial charge in [-0.1, -0.05) is 36.3 Å². The highest BCUT2D eigenvalue weighted by atomic mass is 16.5. The molecule has 0 bridgehead atoms. The van der Waals surface area contributed by atoms with Gasteiger partial charge < -0.3 is 15.2 Å². The molecule has 0 aliphatic heterocycles. The van der Waals surface area contributed by atoms with Crippen LogP contribution in [0.5, 0.6) is 0 Å². The van der Waals surface area contributed by atoms with Gasteiger partial charge in [-0.25, -0.2) is 4.79 Å². The summed E-state index contributed by atoms with van der Waals surface area (Å²) >= 11 is 0. The van der Waals surface area contributed by atoms with Crippen molar-refractivity contribution in [3.63, 3.8) is 0 Å². The molecule has 2 N–H and O–H groups in total. The first-order valence-corrected chi connectivity index (χ1v) is 7.51. The van der Waals surface area contributed by atoms with E-state index in [-0.39, 0.29) is 12.1 Å². The lowest BCUT2D eigenvalue weighted by Crippen LogP contribution is -2.38. The van der Waals surface area contributed by atoms with E-state index in [4.69, 9.17) is 4.52 Å². The first kappa shape index (κ1) is 16.0. The number of carbonyl (C=O) groups is 1. The van der Waals surface area contributed by atoms with Gasteiger partial charge in [0.25, 0.3) is 0 Å². The normalized spacial score (nSPS) is 12.0. The summed E-state index contributed by atoms with van der Waals surface area (Å²) in [6, 6.07) is 8.02. The van der Waals surface area contributed by atoms with Crippen molar-refractivity contribution >= 4 is 6.03 Å². The van der Waals surface area contributed by atoms with E-state index < -0.39 is 0 Å². The maximum absolute atomic E-state index is 11.9. The second-order valence-electron chi connectivity index (χ2n) is 5.20. The molecule has 0 unspecified atom stereocenters. The summed E-state index contributed by atoms with van der Waals surface area (Å²) < 4.78 is 4.99. The Kier molecular flexibility index (Phi) is 5.52. The summed E-state index contributed by atoms with van der Waals surface area (Å²) in [5.74, 6) is 1.13. The first-order valence-electron chi connectivity index (χ1n) is 7.51. The topological polar surface area (TPSA) is 80.0 Å². The minimum atomic E-state index is -0.205. The largest absolute Gasteiger partial charge is 0.339 e. The van der Waals surface area contributed by atoms with Gasteiger partial charge in [-0.3, -0.25) is 0 Å². The van der Waals surface area contributed by atoms with Crippen molar-refractivity contribution in [2.24, 2.45) is 0 Å². The second-order valence-corrected chi connectivity index (χ2v) is 5.20. The minimum Gasteiger partial charge on any atom is -0.339 e. The predicted octanol–water partition coefficient (Wildman–Crippen LogP) is 2.54. The van der Waals surface area contributed by atoms with E-state index in [1.807, 2.05) is 19.1 Å². The van der Waals surface area contributed by atoms with Crippen LogP contribution in [-0.2, 0) is 12.8 Å². The van der Waals surface area contributed by atoms with Gasteiger partial charge in [-0.05, 0) is 31.4 Å². The third-order valence-electron chi connectivity index (χ3n) is 3.43. The molecule has 22 heavy (non-hydrogen) atoms. The third kappa shape index (κ3) is 4.58. The average Bonchev–Trinajstić information content (AvgIpc) is 2.92. The molecule has 0 spiro atoms. The van der Waals surface area contributed by atoms with Crippen molar-refractivity contribution in [3.05, 3.63) is 47.1 Å². The molecule has 1 heterocycles. The van der Waals surface area contributed by atoms with E-state index in [1.165, 1.54) is 5.56 Å². The molecule has 0 saturated heterocycles. The number of urea groups is 1. The summed E-state index contributed by atoms with van der Waals surface area (Å²) in [7, 11) is 0. The number of aryl methyl sites for hydroxylation is 2. The van der Waals surface area contributed by atoms with Gasteiger partial charge in [0.05, 0.1) is 6.04 Å². The Balaban J connectivity index is 1.75. The molecule has 1 atom stereocenters. The number of benzene rings is 1. The lowest BCUT2D eigenvalue weighted by atomic mass is 10.1. The predicted molar refractivity (Wildman–Crippen MR) is 83.5 cm³/mol. The molecule has 2 amide bonds. The van der Waals surface area contributed by atoms with Gasteiger partial charge in [-0.2, -0.15) is 4.98 Å². The number of hydrogen-bond donors (Lipinski definition) is 2. The van der Waals surface area contributed by atoms with Crippen LogP contribution in [0, 0.1) is 6.92 Å². The standard InChI is InChI=1S/C16H22N4O2/c1-4-13-5-7-14(8-6-13)11(2)18-16(21)17-10-9-15-19-12(3)20-22-15/h5-8,11H,4,9-10H2,1-3H3,(H2,17,18,21)/t11-/m0/s1. The second kappa shape index (κ2) is 7.59. The van der Waals surface area contributed by atoms with Crippen LogP contribution >= 0.6 is 0 Å². The fourth-order valence-corrected chi connectivity index (χ4v) is 2.10. The molecule has 6 heteroatoms. The van der Waals surface area contributed by atoms with Crippen molar-refractivity contribution in [1.82, 2.24) is 20.8 Å². The van der Waals surface area contributed by atoms with Crippen molar-refractivity contribution in [2.75, 3.05) is 6.54 Å². The van der Waals surface area contributed by atoms with E-state index in [0.29, 0.717) is 24.7 Å². The van der Waals surface area contributed by atoms with E-state index >= 15 is 0 Å². The SMILES string of the molecule is CCc1ccc([C@H](C)NC(=O)NCCc2nc(C)no2)cc1. The minimum absolute atomic E-state index is 0.0449. The summed E-state index contributed by atoms with van der Waals surface area (Å²) in [6.45, 7) is 6.30. The average molecular weight is 302 g/mol. The molecular formula is C16H22N4O2. The Hall–Kier alpha value is -2.37. The van der Waals surface area contributed by atoms with Crippen LogP contribution in [0.3, 0.4) is 0 Å². The lowest BCUT2D eigenvalue weighted by Gasteiger charge is -2.15. The highest BCUT2D eigenvalue weighted by molar-refractivity contribution is 5.74. The quantitative estimate of drug-likeness (QED) is 0.859. The number of nitrogens with one attached hydrogen (secondary N) is 2. The Bertz CT molecular complexity index is 607. The molecule has 0 aliphatic carbocycles. The maximum Gasteiger partial charge on any atom is 0.315 e. The van der Waals surface area contributed by atoms with Crippen molar-refractivity contribution in [2.45, 2.75) is 39.7 Å². The number of aromatic nitrogens is 2. The van der Waals surface area contributed by atoms with Gasteiger partial charge in [0, 0.05) is 13.0 Å². The van der Waals surface area contributed by atoms with Crippen LogP contribution in [0.1, 0.15) is 42.7 Å². The summed E-state index contributed by atoms with van der Waals surface area (Å²) in [5.41, 5.74) is 2.37. The Morgan fingerprint density at radius 2 is 2.05 bits per heavy atom. The van der Waals surface area contributed by atoms with Crippen LogP contribution in [0.25, 0.3) is 0 Å². The summed E-state index contributed by atoms with van der Waals surface area (Å²) in [6.07, 6.45) is 1.53. The molecule has 2 rings (SSSR count). The molecule has 1 aromatic heterocycles. The van der Waals surface area contributed by atoms with Crippen molar-refractivity contribution in [3.8, 4) is 0 Å². The molecule has 1 aromatic carbocycles. The molecule has 2 aromatic rings. The smallest absolute Gasteiger partial charge is 0.315 e. The zero-order valence-corrected chi connectivity index (χ0v) is 13.2. The van der Waals surface area contributed by atoms with Gasteiger partial charge in [0.15, 0.2) is 5.82 Å². The Morgan fingerprint density at radius 1 is 1.32 bits per heavy atom. The van der Waals surface area contributed by atoms with Crippen molar-refractivity contribution < 1.29 is 9.32 Å². The molecule has 118 valence electrons. The van der Waals surface area contributed by atoms with Crippen LogP contribution in [0.4, 0.5) is 4.79 Å². The lowest BCUT2D eigenvalue weighted by molar-refractivity contribution is 0.237. The number of rotatable bonds is 6. The van der Waals surface area contributed by atoms with E-state index in [0.717, 1.165) is 12.0 Å². The highest BCUT2D eigenvalue weighted by Crippen LogP contribution is 2.13. The van der Waals surface area contributed by atoms with Gasteiger partial charge in [0.1, 0.15) is 0 Å². The van der Waals surface area contributed by atoms with E-state index in [1.54, 1.807) is 6.92 Å². The van der Waals surface area contributed by atoms with Crippen LogP contribution in [0.2, 0.25) is 0 Å². The Morgan fingerprint density at radius 3 is 2.64 bits per heavy atom. The number of amides is 2. The first-order chi connectivity index (χ1) is 10.6. The number of nitrogens with zero attached hydrogens (tertiary/aromatic N) is 2. The highest BCUT2D eigenvalue weighted by Gasteiger charge is 2.09. The fourth-order valence-electron chi connectivity index (χ4n) is 2.10. The van der Waals surface area contributed by atoms with Crippen LogP contribution < -0.4 is 10.6 Å². The number of carbonyl (C=O) groups excluding carboxylic acids is 1. The zero-order valence-electron chi connectivity index (χ0n) is 13.2. The van der Waals surface area contributed by atoms with Crippen molar-refractivity contribution in [1.29, 1.82) is 0 Å². The molecule has 0 saturated carbocycles. The third-order valence-corrected chi connectivity index (χ3v) is 3.43. The molecular weight excluding hydrogens is 280 g/mol. The molecule has 6 nitrogen and oxygen atoms in total. The summed E-state index contributed by atoms with van der Waals surface area (Å²) in [4.78, 5) is 15.9. The van der Waals surface area contributed by atoms with Gasteiger partial charge in [-0.15, -0.1) is 0 Å². The molecule has 0 fully saturated rings. The van der Waals surface area contributed by atoms with Crippen LogP contribution in [0.15, 0.2) is 28.8 Å². The maximum atomic E-state index is 11.9. The zero-order chi connectivity index (χ0) is 15.9. The Labute approximate surface area is 130 Å². The van der Waals surface area contributed by atoms with Gasteiger partial charge >= 0.3 is 6.03 Å². The van der Waals surface area contributed by atoms with Crippen LogP contribution in [-0.4, -0.2) is 22.7 Å².